The minimum absolute atomic E-state index is 0.0439. The summed E-state index contributed by atoms with van der Waals surface area (Å²) < 4.78 is 0. The average molecular weight is 295 g/mol. The van der Waals surface area contributed by atoms with Gasteiger partial charge in [0.15, 0.2) is 0 Å². The Balaban J connectivity index is 1.86. The molecule has 6 heteroatoms. The van der Waals surface area contributed by atoms with Gasteiger partial charge in [-0.1, -0.05) is 18.0 Å². The summed E-state index contributed by atoms with van der Waals surface area (Å²) >= 11 is 5.95. The number of carbonyl (C=O) groups is 1. The van der Waals surface area contributed by atoms with Gasteiger partial charge in [0.25, 0.3) is 5.91 Å². The highest BCUT2D eigenvalue weighted by Gasteiger charge is 2.37. The molecule has 2 unspecified atom stereocenters. The van der Waals surface area contributed by atoms with Crippen LogP contribution in [-0.4, -0.2) is 28.4 Å². The van der Waals surface area contributed by atoms with Crippen molar-refractivity contribution in [1.29, 1.82) is 0 Å². The quantitative estimate of drug-likeness (QED) is 0.499. The third kappa shape index (κ3) is 2.47. The number of pyridine rings is 1. The number of piperidine rings is 1. The number of nitrogens with one attached hydrogen (secondary N) is 1. The van der Waals surface area contributed by atoms with E-state index in [1.807, 2.05) is 4.90 Å². The van der Waals surface area contributed by atoms with Crippen LogP contribution in [0, 0.1) is 5.92 Å². The van der Waals surface area contributed by atoms with E-state index in [9.17, 15) is 4.79 Å². The van der Waals surface area contributed by atoms with E-state index in [-0.39, 0.29) is 11.1 Å². The van der Waals surface area contributed by atoms with Crippen molar-refractivity contribution in [2.24, 2.45) is 11.8 Å². The van der Waals surface area contributed by atoms with Gasteiger partial charge in [-0.2, -0.15) is 0 Å². The first-order valence-corrected chi connectivity index (χ1v) is 7.52. The number of anilines is 1. The highest BCUT2D eigenvalue weighted by molar-refractivity contribution is 6.29. The largest absolute Gasteiger partial charge is 0.335 e. The number of aromatic nitrogens is 1. The molecule has 0 aromatic carbocycles. The standard InChI is InChI=1S/C14H19ClN4O/c15-12-7-10(8-13(17-12)18-16)14(20)19-6-2-4-9-3-1-5-11(9)19/h7-9,11H,1-6,16H2,(H,17,18). The fourth-order valence-electron chi connectivity index (χ4n) is 3.57. The molecule has 1 aromatic heterocycles. The molecule has 1 aliphatic carbocycles. The van der Waals surface area contributed by atoms with E-state index in [0.717, 1.165) is 19.4 Å². The summed E-state index contributed by atoms with van der Waals surface area (Å²) in [6.07, 6.45) is 5.94. The van der Waals surface area contributed by atoms with Crippen molar-refractivity contribution in [2.45, 2.75) is 38.1 Å². The van der Waals surface area contributed by atoms with E-state index in [0.29, 0.717) is 23.3 Å². The Labute approximate surface area is 123 Å². The van der Waals surface area contributed by atoms with E-state index in [1.165, 1.54) is 19.3 Å². The lowest BCUT2D eigenvalue weighted by molar-refractivity contribution is 0.0548. The van der Waals surface area contributed by atoms with Gasteiger partial charge in [-0.05, 0) is 43.7 Å². The smallest absolute Gasteiger partial charge is 0.254 e. The molecular formula is C14H19ClN4O. The molecule has 2 heterocycles. The van der Waals surface area contributed by atoms with E-state index in [2.05, 4.69) is 10.4 Å². The van der Waals surface area contributed by atoms with Crippen molar-refractivity contribution in [2.75, 3.05) is 12.0 Å². The van der Waals surface area contributed by atoms with Gasteiger partial charge in [0.05, 0.1) is 0 Å². The molecule has 5 nitrogen and oxygen atoms in total. The lowest BCUT2D eigenvalue weighted by Gasteiger charge is -2.37. The molecule has 1 amide bonds. The van der Waals surface area contributed by atoms with Gasteiger partial charge < -0.3 is 10.3 Å². The molecule has 20 heavy (non-hydrogen) atoms. The number of carbonyl (C=O) groups excluding carboxylic acids is 1. The van der Waals surface area contributed by atoms with Crippen molar-refractivity contribution < 1.29 is 4.79 Å². The summed E-state index contributed by atoms with van der Waals surface area (Å²) in [5.41, 5.74) is 3.01. The molecule has 1 saturated carbocycles. The van der Waals surface area contributed by atoms with Gasteiger partial charge in [0, 0.05) is 18.2 Å². The van der Waals surface area contributed by atoms with E-state index < -0.39 is 0 Å². The van der Waals surface area contributed by atoms with Gasteiger partial charge in [0.1, 0.15) is 11.0 Å². The van der Waals surface area contributed by atoms with Crippen LogP contribution < -0.4 is 11.3 Å². The van der Waals surface area contributed by atoms with Gasteiger partial charge in [-0.15, -0.1) is 0 Å². The van der Waals surface area contributed by atoms with Gasteiger partial charge in [-0.25, -0.2) is 10.8 Å². The summed E-state index contributed by atoms with van der Waals surface area (Å²) in [4.78, 5) is 18.8. The molecule has 108 valence electrons. The second kappa shape index (κ2) is 5.58. The zero-order valence-electron chi connectivity index (χ0n) is 11.3. The first-order valence-electron chi connectivity index (χ1n) is 7.14. The number of hydrogen-bond donors (Lipinski definition) is 2. The average Bonchev–Trinajstić information content (AvgIpc) is 2.94. The minimum atomic E-state index is 0.0439. The normalized spacial score (nSPS) is 25.4. The van der Waals surface area contributed by atoms with Crippen molar-refractivity contribution in [3.63, 3.8) is 0 Å². The van der Waals surface area contributed by atoms with Crippen LogP contribution in [0.25, 0.3) is 0 Å². The van der Waals surface area contributed by atoms with Gasteiger partial charge in [0.2, 0.25) is 0 Å². The maximum atomic E-state index is 12.7. The van der Waals surface area contributed by atoms with Crippen molar-refractivity contribution in [1.82, 2.24) is 9.88 Å². The number of hydrazine groups is 1. The zero-order chi connectivity index (χ0) is 14.1. The third-order valence-corrected chi connectivity index (χ3v) is 4.64. The number of nitrogens with zero attached hydrogens (tertiary/aromatic N) is 2. The fraction of sp³-hybridized carbons (Fsp3) is 0.571. The summed E-state index contributed by atoms with van der Waals surface area (Å²) in [6.45, 7) is 0.839. The number of amides is 1. The zero-order valence-corrected chi connectivity index (χ0v) is 12.1. The number of hydrogen-bond acceptors (Lipinski definition) is 4. The van der Waals surface area contributed by atoms with Crippen LogP contribution in [0.15, 0.2) is 12.1 Å². The third-order valence-electron chi connectivity index (χ3n) is 4.44. The fourth-order valence-corrected chi connectivity index (χ4v) is 3.77. The summed E-state index contributed by atoms with van der Waals surface area (Å²) in [6, 6.07) is 3.67. The van der Waals surface area contributed by atoms with Crippen molar-refractivity contribution >= 4 is 23.3 Å². The van der Waals surface area contributed by atoms with Crippen LogP contribution in [0.5, 0.6) is 0 Å². The van der Waals surface area contributed by atoms with E-state index in [4.69, 9.17) is 17.4 Å². The van der Waals surface area contributed by atoms with Crippen molar-refractivity contribution in [3.8, 4) is 0 Å². The predicted octanol–water partition coefficient (Wildman–Crippen LogP) is 2.43. The molecule has 2 aliphatic rings. The number of rotatable bonds is 2. The molecule has 2 fully saturated rings. The van der Waals surface area contributed by atoms with Crippen LogP contribution in [0.2, 0.25) is 5.15 Å². The number of likely N-dealkylation sites (tertiary alicyclic amines) is 1. The Hall–Kier alpha value is -1.33. The second-order valence-corrected chi connectivity index (χ2v) is 5.99. The minimum Gasteiger partial charge on any atom is -0.335 e. The maximum absolute atomic E-state index is 12.7. The molecule has 0 spiro atoms. The molecule has 0 bridgehead atoms. The molecular weight excluding hydrogens is 276 g/mol. The SMILES string of the molecule is NNc1cc(C(=O)N2CCCC3CCCC32)cc(Cl)n1. The van der Waals surface area contributed by atoms with E-state index in [1.54, 1.807) is 12.1 Å². The van der Waals surface area contributed by atoms with Crippen LogP contribution >= 0.6 is 11.6 Å². The van der Waals surface area contributed by atoms with E-state index >= 15 is 0 Å². The summed E-state index contributed by atoms with van der Waals surface area (Å²) in [5.74, 6) is 6.49. The van der Waals surface area contributed by atoms with Crippen LogP contribution in [-0.2, 0) is 0 Å². The first kappa shape index (κ1) is 13.6. The summed E-state index contributed by atoms with van der Waals surface area (Å²) in [5, 5.41) is 0.281. The first-order chi connectivity index (χ1) is 9.69. The van der Waals surface area contributed by atoms with Gasteiger partial charge >= 0.3 is 0 Å². The molecule has 1 aliphatic heterocycles. The molecule has 2 atom stereocenters. The molecule has 3 rings (SSSR count). The Kier molecular flexibility index (Phi) is 3.81. The Morgan fingerprint density at radius 1 is 1.35 bits per heavy atom. The van der Waals surface area contributed by atoms with Crippen LogP contribution in [0.4, 0.5) is 5.82 Å². The molecule has 3 N–H and O–H groups in total. The Morgan fingerprint density at radius 2 is 2.15 bits per heavy atom. The molecule has 1 aromatic rings. The summed E-state index contributed by atoms with van der Waals surface area (Å²) in [7, 11) is 0. The van der Waals surface area contributed by atoms with Crippen molar-refractivity contribution in [3.05, 3.63) is 22.8 Å². The topological polar surface area (TPSA) is 71.2 Å². The Bertz CT molecular complexity index is 522. The predicted molar refractivity (Wildman–Crippen MR) is 78.5 cm³/mol. The highest BCUT2D eigenvalue weighted by atomic mass is 35.5. The second-order valence-electron chi connectivity index (χ2n) is 5.61. The monoisotopic (exact) mass is 294 g/mol. The maximum Gasteiger partial charge on any atom is 0.254 e. The highest BCUT2D eigenvalue weighted by Crippen LogP contribution is 2.37. The Morgan fingerprint density at radius 3 is 2.95 bits per heavy atom. The van der Waals surface area contributed by atoms with Crippen LogP contribution in [0.3, 0.4) is 0 Å². The number of nitrogen functional groups attached to an aromatic ring is 1. The number of nitrogens with two attached hydrogens (primary N) is 1. The lowest BCUT2D eigenvalue weighted by Crippen LogP contribution is -2.46. The molecule has 1 saturated heterocycles. The number of fused-ring (bicyclic) bond motifs is 1. The molecule has 0 radical (unpaired) electrons. The lowest BCUT2D eigenvalue weighted by atomic mass is 9.91. The van der Waals surface area contributed by atoms with Crippen LogP contribution in [0.1, 0.15) is 42.5 Å². The van der Waals surface area contributed by atoms with Gasteiger partial charge in [-0.3, -0.25) is 4.79 Å². The number of halogens is 1.